The minimum atomic E-state index is -4.47. The molecule has 3 rings (SSSR count). The molecule has 1 heterocycles. The van der Waals surface area contributed by atoms with E-state index in [1.165, 1.54) is 6.07 Å². The molecule has 0 spiro atoms. The summed E-state index contributed by atoms with van der Waals surface area (Å²) in [6.45, 7) is 5.78. The van der Waals surface area contributed by atoms with Crippen LogP contribution in [0, 0.1) is 16.7 Å². The van der Waals surface area contributed by atoms with Gasteiger partial charge in [0.15, 0.2) is 0 Å². The van der Waals surface area contributed by atoms with Crippen molar-refractivity contribution in [2.45, 2.75) is 58.7 Å². The number of rotatable bonds is 3. The van der Waals surface area contributed by atoms with Crippen LogP contribution in [0.3, 0.4) is 0 Å². The molecule has 1 aromatic heterocycles. The number of halogens is 3. The van der Waals surface area contributed by atoms with Crippen molar-refractivity contribution < 1.29 is 18.0 Å². The average molecular weight is 377 g/mol. The zero-order valence-electron chi connectivity index (χ0n) is 15.6. The van der Waals surface area contributed by atoms with Crippen molar-refractivity contribution in [1.82, 2.24) is 4.57 Å². The van der Waals surface area contributed by atoms with Crippen LogP contribution in [0.15, 0.2) is 18.2 Å². The fourth-order valence-corrected chi connectivity index (χ4v) is 3.41. The SMILES string of the molecule is CC(C)(C)CC(=O)Nc1c(C#N)c2ccc(C(F)(F)F)cc2n1C1CCC1. The van der Waals surface area contributed by atoms with Gasteiger partial charge in [0, 0.05) is 17.8 Å². The number of nitrogens with one attached hydrogen (secondary N) is 1. The lowest BCUT2D eigenvalue weighted by atomic mass is 9.92. The van der Waals surface area contributed by atoms with Crippen molar-refractivity contribution in [2.75, 3.05) is 5.32 Å². The van der Waals surface area contributed by atoms with Gasteiger partial charge in [0.1, 0.15) is 17.5 Å². The number of amides is 1. The zero-order chi connectivity index (χ0) is 20.0. The molecule has 144 valence electrons. The van der Waals surface area contributed by atoms with Crippen molar-refractivity contribution in [3.63, 3.8) is 0 Å². The van der Waals surface area contributed by atoms with Crippen LogP contribution in [0.1, 0.15) is 63.6 Å². The van der Waals surface area contributed by atoms with E-state index in [1.807, 2.05) is 20.8 Å². The second-order valence-electron chi connectivity index (χ2n) is 8.31. The van der Waals surface area contributed by atoms with Crippen LogP contribution in [-0.2, 0) is 11.0 Å². The molecule has 0 bridgehead atoms. The van der Waals surface area contributed by atoms with E-state index in [0.717, 1.165) is 31.4 Å². The number of carbonyl (C=O) groups excluding carboxylic acids is 1. The number of benzene rings is 1. The van der Waals surface area contributed by atoms with Crippen molar-refractivity contribution in [2.24, 2.45) is 5.41 Å². The van der Waals surface area contributed by atoms with Gasteiger partial charge in [0.25, 0.3) is 0 Å². The lowest BCUT2D eigenvalue weighted by molar-refractivity contribution is -0.137. The Hall–Kier alpha value is -2.49. The molecule has 0 unspecified atom stereocenters. The van der Waals surface area contributed by atoms with Gasteiger partial charge < -0.3 is 9.88 Å². The van der Waals surface area contributed by atoms with E-state index in [-0.39, 0.29) is 29.3 Å². The molecule has 2 aromatic rings. The molecule has 0 radical (unpaired) electrons. The van der Waals surface area contributed by atoms with Crippen LogP contribution in [0.4, 0.5) is 19.0 Å². The van der Waals surface area contributed by atoms with E-state index in [0.29, 0.717) is 16.7 Å². The third kappa shape index (κ3) is 3.80. The Balaban J connectivity index is 2.16. The van der Waals surface area contributed by atoms with E-state index in [1.54, 1.807) is 4.57 Å². The summed E-state index contributed by atoms with van der Waals surface area (Å²) in [6, 6.07) is 5.44. The van der Waals surface area contributed by atoms with E-state index in [2.05, 4.69) is 11.4 Å². The summed E-state index contributed by atoms with van der Waals surface area (Å²) >= 11 is 0. The third-order valence-corrected chi connectivity index (χ3v) is 4.83. The zero-order valence-corrected chi connectivity index (χ0v) is 15.6. The fraction of sp³-hybridized carbons (Fsp3) is 0.500. The number of fused-ring (bicyclic) bond motifs is 1. The summed E-state index contributed by atoms with van der Waals surface area (Å²) in [6.07, 6.45) is -1.62. The van der Waals surface area contributed by atoms with Gasteiger partial charge >= 0.3 is 6.18 Å². The molecular formula is C20H22F3N3O. The Morgan fingerprint density at radius 2 is 1.96 bits per heavy atom. The van der Waals surface area contributed by atoms with Crippen LogP contribution in [0.2, 0.25) is 0 Å². The predicted molar refractivity (Wildman–Crippen MR) is 97.2 cm³/mol. The number of nitrogens with zero attached hydrogens (tertiary/aromatic N) is 2. The van der Waals surface area contributed by atoms with Crippen LogP contribution in [-0.4, -0.2) is 10.5 Å². The average Bonchev–Trinajstić information content (AvgIpc) is 2.76. The van der Waals surface area contributed by atoms with Crippen molar-refractivity contribution >= 4 is 22.6 Å². The van der Waals surface area contributed by atoms with Gasteiger partial charge in [-0.25, -0.2) is 0 Å². The Morgan fingerprint density at radius 3 is 2.44 bits per heavy atom. The number of hydrogen-bond acceptors (Lipinski definition) is 2. The number of nitriles is 1. The maximum atomic E-state index is 13.2. The van der Waals surface area contributed by atoms with Crippen LogP contribution in [0.5, 0.6) is 0 Å². The van der Waals surface area contributed by atoms with E-state index >= 15 is 0 Å². The van der Waals surface area contributed by atoms with Crippen LogP contribution < -0.4 is 5.32 Å². The second kappa shape index (κ2) is 6.59. The van der Waals surface area contributed by atoms with Crippen molar-refractivity contribution in [3.05, 3.63) is 29.3 Å². The maximum Gasteiger partial charge on any atom is 0.416 e. The minimum Gasteiger partial charge on any atom is -0.323 e. The van der Waals surface area contributed by atoms with Gasteiger partial charge in [-0.3, -0.25) is 4.79 Å². The molecular weight excluding hydrogens is 355 g/mol. The summed E-state index contributed by atoms with van der Waals surface area (Å²) in [5.41, 5.74) is -0.441. The number of alkyl halides is 3. The largest absolute Gasteiger partial charge is 0.416 e. The molecule has 1 aliphatic carbocycles. The first-order chi connectivity index (χ1) is 12.5. The monoisotopic (exact) mass is 377 g/mol. The molecule has 1 amide bonds. The normalized spacial score (nSPS) is 15.4. The highest BCUT2D eigenvalue weighted by atomic mass is 19.4. The summed E-state index contributed by atoms with van der Waals surface area (Å²) in [7, 11) is 0. The first kappa shape index (κ1) is 19.3. The minimum absolute atomic E-state index is 0.0111. The van der Waals surface area contributed by atoms with Crippen molar-refractivity contribution in [3.8, 4) is 6.07 Å². The summed E-state index contributed by atoms with van der Waals surface area (Å²) < 4.78 is 41.3. The van der Waals surface area contributed by atoms with Gasteiger partial charge in [0.2, 0.25) is 5.91 Å². The highest BCUT2D eigenvalue weighted by Crippen LogP contribution is 2.42. The number of aromatic nitrogens is 1. The third-order valence-electron chi connectivity index (χ3n) is 4.83. The molecule has 1 fully saturated rings. The number of carbonyl (C=O) groups is 1. The Bertz CT molecular complexity index is 925. The van der Waals surface area contributed by atoms with Gasteiger partial charge in [-0.2, -0.15) is 18.4 Å². The number of hydrogen-bond donors (Lipinski definition) is 1. The fourth-order valence-electron chi connectivity index (χ4n) is 3.41. The molecule has 4 nitrogen and oxygen atoms in total. The smallest absolute Gasteiger partial charge is 0.323 e. The predicted octanol–water partition coefficient (Wildman–Crippen LogP) is 5.63. The summed E-state index contributed by atoms with van der Waals surface area (Å²) in [5.74, 6) is 0.0594. The van der Waals surface area contributed by atoms with Crippen LogP contribution in [0.25, 0.3) is 10.9 Å². The highest BCUT2D eigenvalue weighted by molar-refractivity contribution is 5.99. The highest BCUT2D eigenvalue weighted by Gasteiger charge is 2.33. The maximum absolute atomic E-state index is 13.2. The first-order valence-electron chi connectivity index (χ1n) is 8.96. The topological polar surface area (TPSA) is 57.8 Å². The molecule has 1 aromatic carbocycles. The molecule has 27 heavy (non-hydrogen) atoms. The molecule has 0 atom stereocenters. The van der Waals surface area contributed by atoms with Crippen LogP contribution >= 0.6 is 0 Å². The lowest BCUT2D eigenvalue weighted by Gasteiger charge is -2.30. The summed E-state index contributed by atoms with van der Waals surface area (Å²) in [5, 5.41) is 12.9. The van der Waals surface area contributed by atoms with E-state index in [4.69, 9.17) is 0 Å². The Morgan fingerprint density at radius 1 is 1.30 bits per heavy atom. The Labute approximate surface area is 156 Å². The van der Waals surface area contributed by atoms with Crippen molar-refractivity contribution in [1.29, 1.82) is 5.26 Å². The first-order valence-corrected chi connectivity index (χ1v) is 8.96. The quantitative estimate of drug-likeness (QED) is 0.753. The van der Waals surface area contributed by atoms with Gasteiger partial charge in [0.05, 0.1) is 11.1 Å². The van der Waals surface area contributed by atoms with Gasteiger partial charge in [-0.05, 0) is 36.8 Å². The second-order valence-corrected chi connectivity index (χ2v) is 8.31. The molecule has 1 aliphatic rings. The van der Waals surface area contributed by atoms with Gasteiger partial charge in [-0.1, -0.05) is 26.8 Å². The van der Waals surface area contributed by atoms with Gasteiger partial charge in [-0.15, -0.1) is 0 Å². The number of anilines is 1. The molecule has 1 saturated carbocycles. The molecule has 0 saturated heterocycles. The lowest BCUT2D eigenvalue weighted by Crippen LogP contribution is -2.24. The molecule has 0 aliphatic heterocycles. The Kier molecular flexibility index (Phi) is 4.71. The van der Waals surface area contributed by atoms with E-state index in [9.17, 15) is 23.2 Å². The standard InChI is InChI=1S/C20H22F3N3O/c1-19(2,3)10-17(27)25-18-15(11-24)14-8-7-12(20(21,22)23)9-16(14)26(18)13-5-4-6-13/h7-9,13H,4-6,10H2,1-3H3,(H,25,27). The molecule has 7 heteroatoms. The summed E-state index contributed by atoms with van der Waals surface area (Å²) in [4.78, 5) is 12.5. The van der Waals surface area contributed by atoms with E-state index < -0.39 is 11.7 Å². The molecule has 1 N–H and O–H groups in total.